The molecule has 2 fully saturated rings. The van der Waals surface area contributed by atoms with Crippen molar-refractivity contribution in [2.75, 3.05) is 20.6 Å². The van der Waals surface area contributed by atoms with Crippen LogP contribution in [-0.4, -0.2) is 72.1 Å². The Labute approximate surface area is 228 Å². The molecule has 5 atom stereocenters. The maximum atomic E-state index is 13.4. The number of ether oxygens (including phenoxy) is 3. The number of hydrogen-bond acceptors (Lipinski definition) is 7. The maximum absolute atomic E-state index is 13.4. The molecule has 1 spiro atoms. The lowest BCUT2D eigenvalue weighted by molar-refractivity contribution is -0.220. The fourth-order valence-electron chi connectivity index (χ4n) is 7.67. The van der Waals surface area contributed by atoms with E-state index in [-0.39, 0.29) is 24.0 Å². The van der Waals surface area contributed by atoms with Gasteiger partial charge in [-0.2, -0.15) is 0 Å². The summed E-state index contributed by atoms with van der Waals surface area (Å²) >= 11 is 0. The quantitative estimate of drug-likeness (QED) is 0.344. The van der Waals surface area contributed by atoms with E-state index in [1.54, 1.807) is 18.0 Å². The first-order chi connectivity index (χ1) is 18.7. The number of piperidine rings is 1. The number of likely N-dealkylation sites (N-methyl/N-ethyl adjacent to an activating group) is 2. The highest BCUT2D eigenvalue weighted by Crippen LogP contribution is 2.67. The van der Waals surface area contributed by atoms with Gasteiger partial charge in [-0.25, -0.2) is 0 Å². The minimum absolute atomic E-state index is 0.0425. The molecular weight excluding hydrogens is 496 g/mol. The van der Waals surface area contributed by atoms with E-state index in [1.165, 1.54) is 13.8 Å². The number of amides is 1. The topological polar surface area (TPSA) is 85.4 Å². The number of rotatable bonds is 3. The van der Waals surface area contributed by atoms with Crippen LogP contribution in [0.5, 0.6) is 11.5 Å². The van der Waals surface area contributed by atoms with E-state index in [0.29, 0.717) is 37.2 Å². The second-order valence-corrected chi connectivity index (χ2v) is 11.1. The van der Waals surface area contributed by atoms with Gasteiger partial charge in [0.15, 0.2) is 11.5 Å². The molecule has 2 aliphatic heterocycles. The Morgan fingerprint density at radius 2 is 1.85 bits per heavy atom. The number of benzene rings is 2. The molecule has 202 valence electrons. The molecule has 6 rings (SSSR count). The molecule has 2 aromatic carbocycles. The van der Waals surface area contributed by atoms with Gasteiger partial charge in [-0.1, -0.05) is 30.2 Å². The average molecular weight is 529 g/mol. The molecule has 2 bridgehead atoms. The van der Waals surface area contributed by atoms with E-state index < -0.39 is 23.1 Å². The van der Waals surface area contributed by atoms with Crippen molar-refractivity contribution in [3.8, 4) is 23.3 Å². The summed E-state index contributed by atoms with van der Waals surface area (Å²) in [6, 6.07) is 12.8. The third-order valence-electron chi connectivity index (χ3n) is 9.13. The Bertz CT molecular complexity index is 1430. The predicted molar refractivity (Wildman–Crippen MR) is 142 cm³/mol. The summed E-state index contributed by atoms with van der Waals surface area (Å²) in [5.41, 5.74) is 1.29. The second kappa shape index (κ2) is 9.13. The van der Waals surface area contributed by atoms with Gasteiger partial charge >= 0.3 is 11.9 Å². The third-order valence-corrected chi connectivity index (χ3v) is 9.13. The van der Waals surface area contributed by atoms with Crippen LogP contribution in [0.4, 0.5) is 0 Å². The molecule has 4 aliphatic rings. The highest BCUT2D eigenvalue weighted by Gasteiger charge is 2.75. The van der Waals surface area contributed by atoms with E-state index in [1.807, 2.05) is 36.4 Å². The van der Waals surface area contributed by atoms with Crippen molar-refractivity contribution in [2.24, 2.45) is 0 Å². The number of hydrogen-bond donors (Lipinski definition) is 0. The fourth-order valence-corrected chi connectivity index (χ4v) is 7.67. The zero-order chi connectivity index (χ0) is 27.5. The minimum Gasteiger partial charge on any atom is -0.483 e. The van der Waals surface area contributed by atoms with Crippen molar-refractivity contribution in [3.05, 3.63) is 59.2 Å². The molecule has 0 aromatic heterocycles. The third kappa shape index (κ3) is 3.67. The molecule has 1 saturated heterocycles. The summed E-state index contributed by atoms with van der Waals surface area (Å²) in [4.78, 5) is 42.0. The predicted octanol–water partition coefficient (Wildman–Crippen LogP) is 2.85. The fraction of sp³-hybridized carbons (Fsp3) is 0.452. The normalized spacial score (nSPS) is 29.7. The van der Waals surface area contributed by atoms with Crippen molar-refractivity contribution < 1.29 is 28.6 Å². The van der Waals surface area contributed by atoms with Crippen LogP contribution in [0.15, 0.2) is 42.5 Å². The van der Waals surface area contributed by atoms with E-state index in [9.17, 15) is 14.4 Å². The first-order valence-electron chi connectivity index (χ1n) is 13.4. The summed E-state index contributed by atoms with van der Waals surface area (Å²) in [7, 11) is 3.84. The standard InChI is InChI=1S/C31H32N2O6/c1-19(34)37-24-12-11-22-18-25-31(39-20(2)35)15-14-23(33(4)26(36)13-10-21-8-6-5-7-9-21)29-30(31,16-17-32(25)3)27(22)28(24)38-29/h5-9,11-12,23,25,29H,14-18H2,1-4H3/t23-,25+,29-,30-,31+/m0/s1. The second-order valence-electron chi connectivity index (χ2n) is 11.1. The zero-order valence-electron chi connectivity index (χ0n) is 22.7. The molecule has 2 aromatic rings. The number of esters is 2. The van der Waals surface area contributed by atoms with Gasteiger partial charge in [0, 0.05) is 37.9 Å². The Balaban J connectivity index is 1.48. The highest BCUT2D eigenvalue weighted by molar-refractivity contribution is 5.94. The zero-order valence-corrected chi connectivity index (χ0v) is 22.7. The molecule has 2 aliphatic carbocycles. The van der Waals surface area contributed by atoms with Crippen LogP contribution in [0.25, 0.3) is 0 Å². The van der Waals surface area contributed by atoms with E-state index in [4.69, 9.17) is 14.2 Å². The lowest BCUT2D eigenvalue weighted by Gasteiger charge is -2.65. The van der Waals surface area contributed by atoms with Gasteiger partial charge in [0.2, 0.25) is 0 Å². The van der Waals surface area contributed by atoms with Crippen molar-refractivity contribution in [1.29, 1.82) is 0 Å². The molecule has 0 unspecified atom stereocenters. The van der Waals surface area contributed by atoms with Gasteiger partial charge in [-0.05, 0) is 63.0 Å². The van der Waals surface area contributed by atoms with Crippen molar-refractivity contribution in [3.63, 3.8) is 0 Å². The summed E-state index contributed by atoms with van der Waals surface area (Å²) in [6.07, 6.45) is 2.01. The number of carbonyl (C=O) groups is 3. The van der Waals surface area contributed by atoms with Gasteiger partial charge in [-0.3, -0.25) is 19.3 Å². The molecule has 0 radical (unpaired) electrons. The van der Waals surface area contributed by atoms with Gasteiger partial charge in [0.05, 0.1) is 17.5 Å². The summed E-state index contributed by atoms with van der Waals surface area (Å²) < 4.78 is 18.7. The molecular formula is C31H32N2O6. The van der Waals surface area contributed by atoms with Crippen LogP contribution in [0.3, 0.4) is 0 Å². The average Bonchev–Trinajstić information content (AvgIpc) is 3.26. The molecule has 39 heavy (non-hydrogen) atoms. The van der Waals surface area contributed by atoms with Crippen molar-refractivity contribution in [2.45, 2.75) is 68.7 Å². The van der Waals surface area contributed by atoms with Crippen molar-refractivity contribution in [1.82, 2.24) is 9.80 Å². The Morgan fingerprint density at radius 1 is 1.08 bits per heavy atom. The summed E-state index contributed by atoms with van der Waals surface area (Å²) in [5, 5.41) is 0. The molecule has 8 nitrogen and oxygen atoms in total. The molecule has 8 heteroatoms. The monoisotopic (exact) mass is 528 g/mol. The van der Waals surface area contributed by atoms with E-state index in [2.05, 4.69) is 23.8 Å². The van der Waals surface area contributed by atoms with Crippen LogP contribution < -0.4 is 9.47 Å². The number of likely N-dealkylation sites (tertiary alicyclic amines) is 1. The highest BCUT2D eigenvalue weighted by atomic mass is 16.6. The van der Waals surface area contributed by atoms with Crippen LogP contribution in [-0.2, 0) is 31.0 Å². The number of nitrogens with zero attached hydrogens (tertiary/aromatic N) is 2. The van der Waals surface area contributed by atoms with Crippen LogP contribution >= 0.6 is 0 Å². The first kappa shape index (κ1) is 25.4. The largest absolute Gasteiger partial charge is 0.483 e. The lowest BCUT2D eigenvalue weighted by Crippen LogP contribution is -2.78. The Hall–Kier alpha value is -3.83. The van der Waals surface area contributed by atoms with E-state index in [0.717, 1.165) is 23.2 Å². The Kier molecular flexibility index (Phi) is 5.96. The smallest absolute Gasteiger partial charge is 0.308 e. The lowest BCUT2D eigenvalue weighted by atomic mass is 9.48. The molecule has 1 amide bonds. The Morgan fingerprint density at radius 3 is 2.56 bits per heavy atom. The SMILES string of the molecule is CC(=O)Oc1ccc2c3c1O[C@H]1[C@@H](N(C)C(=O)C#Cc4ccccc4)CC[C@@]4(OC(C)=O)[C@@H](C2)N(C)CC[C@]314. The summed E-state index contributed by atoms with van der Waals surface area (Å²) in [5.74, 6) is 5.56. The van der Waals surface area contributed by atoms with Crippen LogP contribution in [0, 0.1) is 11.8 Å². The van der Waals surface area contributed by atoms with Gasteiger partial charge in [-0.15, -0.1) is 0 Å². The van der Waals surface area contributed by atoms with Gasteiger partial charge in [0.25, 0.3) is 5.91 Å². The van der Waals surface area contributed by atoms with Crippen molar-refractivity contribution >= 4 is 17.8 Å². The van der Waals surface area contributed by atoms with Gasteiger partial charge in [0.1, 0.15) is 11.7 Å². The molecule has 0 N–H and O–H groups in total. The van der Waals surface area contributed by atoms with Crippen LogP contribution in [0.1, 0.15) is 49.8 Å². The molecule has 2 heterocycles. The minimum atomic E-state index is -0.834. The summed E-state index contributed by atoms with van der Waals surface area (Å²) in [6.45, 7) is 3.60. The molecule has 1 saturated carbocycles. The van der Waals surface area contributed by atoms with Gasteiger partial charge < -0.3 is 19.1 Å². The number of carbonyl (C=O) groups excluding carboxylic acids is 3. The maximum Gasteiger partial charge on any atom is 0.308 e. The van der Waals surface area contributed by atoms with Crippen LogP contribution in [0.2, 0.25) is 0 Å². The van der Waals surface area contributed by atoms with E-state index >= 15 is 0 Å². The first-order valence-corrected chi connectivity index (χ1v) is 13.4.